The number of carbonyl (C=O) groups excluding carboxylic acids is 2. The molecule has 4 rings (SSSR count). The molecular formula is C25H31N3O3. The molecule has 0 bridgehead atoms. The molecule has 6 heteroatoms. The van der Waals surface area contributed by atoms with E-state index in [1.807, 2.05) is 69.3 Å². The van der Waals surface area contributed by atoms with Crippen molar-refractivity contribution < 1.29 is 14.3 Å². The molecule has 1 spiro atoms. The Labute approximate surface area is 184 Å². The van der Waals surface area contributed by atoms with Gasteiger partial charge >= 0.3 is 0 Å². The first-order valence-electron chi connectivity index (χ1n) is 10.8. The highest BCUT2D eigenvalue weighted by Gasteiger charge is 2.53. The Morgan fingerprint density at radius 2 is 1.90 bits per heavy atom. The SMILES string of the molecule is COc1ccc(CN2C[C@@H](C(=O)NC(C)(C)C)[C@@]3(Cc4ccccc4C(=O)N3)C2)cc1. The van der Waals surface area contributed by atoms with Crippen LogP contribution in [-0.4, -0.2) is 48.0 Å². The molecule has 2 N–H and O–H groups in total. The largest absolute Gasteiger partial charge is 0.497 e. The molecule has 0 saturated carbocycles. The zero-order valence-corrected chi connectivity index (χ0v) is 18.7. The van der Waals surface area contributed by atoms with E-state index in [0.29, 0.717) is 31.6 Å². The molecule has 2 amide bonds. The number of benzene rings is 2. The third-order valence-electron chi connectivity index (χ3n) is 6.12. The van der Waals surface area contributed by atoms with Crippen LogP contribution >= 0.6 is 0 Å². The van der Waals surface area contributed by atoms with Crippen molar-refractivity contribution in [2.24, 2.45) is 5.92 Å². The first-order valence-corrected chi connectivity index (χ1v) is 10.8. The summed E-state index contributed by atoms with van der Waals surface area (Å²) in [5, 5.41) is 6.37. The Bertz CT molecular complexity index is 980. The molecule has 1 saturated heterocycles. The van der Waals surface area contributed by atoms with Gasteiger partial charge in [0.05, 0.1) is 18.6 Å². The molecule has 0 aromatic heterocycles. The predicted molar refractivity (Wildman–Crippen MR) is 120 cm³/mol. The highest BCUT2D eigenvalue weighted by Crippen LogP contribution is 2.36. The summed E-state index contributed by atoms with van der Waals surface area (Å²) in [5.74, 6) is 0.383. The van der Waals surface area contributed by atoms with Crippen molar-refractivity contribution >= 4 is 11.8 Å². The number of carbonyl (C=O) groups is 2. The summed E-state index contributed by atoms with van der Waals surface area (Å²) < 4.78 is 5.26. The fourth-order valence-electron chi connectivity index (χ4n) is 4.79. The Hall–Kier alpha value is -2.86. The first kappa shape index (κ1) is 21.4. The van der Waals surface area contributed by atoms with Gasteiger partial charge in [-0.25, -0.2) is 0 Å². The zero-order chi connectivity index (χ0) is 22.2. The average Bonchev–Trinajstić information content (AvgIpc) is 3.04. The van der Waals surface area contributed by atoms with Crippen molar-refractivity contribution in [2.45, 2.75) is 44.8 Å². The Kier molecular flexibility index (Phi) is 5.52. The van der Waals surface area contributed by atoms with E-state index in [1.54, 1.807) is 7.11 Å². The molecule has 0 radical (unpaired) electrons. The van der Waals surface area contributed by atoms with Crippen LogP contribution in [0.4, 0.5) is 0 Å². The number of nitrogens with zero attached hydrogens (tertiary/aromatic N) is 1. The van der Waals surface area contributed by atoms with Crippen LogP contribution < -0.4 is 15.4 Å². The number of methoxy groups -OCH3 is 1. The van der Waals surface area contributed by atoms with Crippen molar-refractivity contribution in [1.29, 1.82) is 0 Å². The van der Waals surface area contributed by atoms with E-state index in [9.17, 15) is 9.59 Å². The van der Waals surface area contributed by atoms with E-state index in [0.717, 1.165) is 16.9 Å². The Morgan fingerprint density at radius 3 is 2.58 bits per heavy atom. The molecular weight excluding hydrogens is 390 g/mol. The number of nitrogens with one attached hydrogen (secondary N) is 2. The number of rotatable bonds is 4. The highest BCUT2D eigenvalue weighted by molar-refractivity contribution is 5.98. The minimum Gasteiger partial charge on any atom is -0.497 e. The van der Waals surface area contributed by atoms with E-state index in [4.69, 9.17) is 4.74 Å². The molecule has 2 aliphatic rings. The van der Waals surface area contributed by atoms with Crippen LogP contribution in [0.2, 0.25) is 0 Å². The Balaban J connectivity index is 1.62. The van der Waals surface area contributed by atoms with Gasteiger partial charge in [-0.2, -0.15) is 0 Å². The molecule has 2 aliphatic heterocycles. The lowest BCUT2D eigenvalue weighted by molar-refractivity contribution is -0.127. The maximum Gasteiger partial charge on any atom is 0.252 e. The predicted octanol–water partition coefficient (Wildman–Crippen LogP) is 2.77. The van der Waals surface area contributed by atoms with Gasteiger partial charge in [0.25, 0.3) is 5.91 Å². The second kappa shape index (κ2) is 8.00. The van der Waals surface area contributed by atoms with Crippen molar-refractivity contribution in [3.8, 4) is 5.75 Å². The summed E-state index contributed by atoms with van der Waals surface area (Å²) in [6.45, 7) is 7.88. The quantitative estimate of drug-likeness (QED) is 0.797. The van der Waals surface area contributed by atoms with Crippen LogP contribution in [0.5, 0.6) is 5.75 Å². The van der Waals surface area contributed by atoms with Crippen LogP contribution in [0.3, 0.4) is 0 Å². The summed E-state index contributed by atoms with van der Waals surface area (Å²) in [6, 6.07) is 15.7. The van der Waals surface area contributed by atoms with Gasteiger partial charge in [-0.3, -0.25) is 14.5 Å². The van der Waals surface area contributed by atoms with E-state index in [1.165, 1.54) is 0 Å². The maximum absolute atomic E-state index is 13.3. The highest BCUT2D eigenvalue weighted by atomic mass is 16.5. The molecule has 2 atom stereocenters. The van der Waals surface area contributed by atoms with Crippen LogP contribution in [0.15, 0.2) is 48.5 Å². The van der Waals surface area contributed by atoms with Gasteiger partial charge in [0, 0.05) is 30.7 Å². The smallest absolute Gasteiger partial charge is 0.252 e. The molecule has 0 unspecified atom stereocenters. The number of fused-ring (bicyclic) bond motifs is 1. The molecule has 2 aromatic rings. The van der Waals surface area contributed by atoms with Gasteiger partial charge in [-0.1, -0.05) is 30.3 Å². The van der Waals surface area contributed by atoms with Crippen molar-refractivity contribution in [2.75, 3.05) is 20.2 Å². The molecule has 6 nitrogen and oxygen atoms in total. The summed E-state index contributed by atoms with van der Waals surface area (Å²) >= 11 is 0. The zero-order valence-electron chi connectivity index (χ0n) is 18.7. The first-order chi connectivity index (χ1) is 14.7. The van der Waals surface area contributed by atoms with Gasteiger partial charge in [0.15, 0.2) is 0 Å². The van der Waals surface area contributed by atoms with Crippen molar-refractivity contribution in [1.82, 2.24) is 15.5 Å². The number of hydrogen-bond donors (Lipinski definition) is 2. The van der Waals surface area contributed by atoms with E-state index < -0.39 is 5.54 Å². The van der Waals surface area contributed by atoms with Crippen molar-refractivity contribution in [3.05, 3.63) is 65.2 Å². The van der Waals surface area contributed by atoms with Crippen LogP contribution in [0.25, 0.3) is 0 Å². The third-order valence-corrected chi connectivity index (χ3v) is 6.12. The van der Waals surface area contributed by atoms with E-state index >= 15 is 0 Å². The molecule has 2 aromatic carbocycles. The summed E-state index contributed by atoms with van der Waals surface area (Å²) in [5.41, 5.74) is 1.91. The lowest BCUT2D eigenvalue weighted by Crippen LogP contribution is -2.62. The number of likely N-dealkylation sites (tertiary alicyclic amines) is 1. The normalized spacial score (nSPS) is 23.4. The molecule has 1 fully saturated rings. The minimum absolute atomic E-state index is 0.00980. The summed E-state index contributed by atoms with van der Waals surface area (Å²) in [6.07, 6.45) is 0.649. The van der Waals surface area contributed by atoms with E-state index in [2.05, 4.69) is 15.5 Å². The Morgan fingerprint density at radius 1 is 1.19 bits per heavy atom. The van der Waals surface area contributed by atoms with Gasteiger partial charge in [-0.15, -0.1) is 0 Å². The maximum atomic E-state index is 13.3. The summed E-state index contributed by atoms with van der Waals surface area (Å²) in [7, 11) is 1.65. The molecule has 0 aliphatic carbocycles. The lowest BCUT2D eigenvalue weighted by Gasteiger charge is -2.40. The average molecular weight is 422 g/mol. The molecule has 2 heterocycles. The van der Waals surface area contributed by atoms with Gasteiger partial charge in [0.2, 0.25) is 5.91 Å². The van der Waals surface area contributed by atoms with Crippen LogP contribution in [-0.2, 0) is 17.8 Å². The fraction of sp³-hybridized carbons (Fsp3) is 0.440. The molecule has 164 valence electrons. The lowest BCUT2D eigenvalue weighted by atomic mass is 9.76. The number of ether oxygens (including phenoxy) is 1. The third kappa shape index (κ3) is 4.44. The van der Waals surface area contributed by atoms with E-state index in [-0.39, 0.29) is 23.3 Å². The topological polar surface area (TPSA) is 70.7 Å². The second-order valence-electron chi connectivity index (χ2n) is 9.75. The summed E-state index contributed by atoms with van der Waals surface area (Å²) in [4.78, 5) is 28.6. The van der Waals surface area contributed by atoms with Crippen LogP contribution in [0.1, 0.15) is 42.3 Å². The number of hydrogen-bond acceptors (Lipinski definition) is 4. The van der Waals surface area contributed by atoms with Gasteiger partial charge in [0.1, 0.15) is 5.75 Å². The standard InChI is InChI=1S/C25H31N3O3/c1-24(2,3)26-23(30)21-15-28(14-17-9-11-19(31-4)12-10-17)16-25(21)13-18-7-5-6-8-20(18)22(29)27-25/h5-12,21H,13-16H2,1-4H3,(H,26,30)(H,27,29)/t21-,25+/m0/s1. The fourth-order valence-corrected chi connectivity index (χ4v) is 4.79. The second-order valence-corrected chi connectivity index (χ2v) is 9.75. The monoisotopic (exact) mass is 421 g/mol. The van der Waals surface area contributed by atoms with Gasteiger partial charge in [-0.05, 0) is 56.5 Å². The van der Waals surface area contributed by atoms with Crippen LogP contribution in [0, 0.1) is 5.92 Å². The van der Waals surface area contributed by atoms with Crippen molar-refractivity contribution in [3.63, 3.8) is 0 Å². The minimum atomic E-state index is -0.618. The number of amides is 2. The van der Waals surface area contributed by atoms with Gasteiger partial charge < -0.3 is 15.4 Å². The molecule has 31 heavy (non-hydrogen) atoms.